The number of hydrogen-bond donors (Lipinski definition) is 1. The van der Waals surface area contributed by atoms with Crippen LogP contribution in [0.1, 0.15) is 40.0 Å². The van der Waals surface area contributed by atoms with Gasteiger partial charge >= 0.3 is 5.97 Å². The Kier molecular flexibility index (Phi) is 5.19. The Bertz CT molecular complexity index is 354. The summed E-state index contributed by atoms with van der Waals surface area (Å²) in [4.78, 5) is 36.1. The van der Waals surface area contributed by atoms with Crippen LogP contribution in [0, 0.1) is 0 Å². The summed E-state index contributed by atoms with van der Waals surface area (Å²) in [6.45, 7) is 5.41. The van der Waals surface area contributed by atoms with Crippen LogP contribution in [0.25, 0.3) is 0 Å². The van der Waals surface area contributed by atoms with E-state index in [-0.39, 0.29) is 24.3 Å². The fraction of sp³-hybridized carbons (Fsp3) is 0.750. The van der Waals surface area contributed by atoms with Gasteiger partial charge in [0.2, 0.25) is 11.8 Å². The van der Waals surface area contributed by atoms with E-state index in [9.17, 15) is 14.4 Å². The monoisotopic (exact) mass is 273 g/mol. The molecule has 102 valence electrons. The van der Waals surface area contributed by atoms with Gasteiger partial charge in [0, 0.05) is 12.5 Å². The van der Waals surface area contributed by atoms with Gasteiger partial charge in [0.1, 0.15) is 5.25 Å². The zero-order valence-corrected chi connectivity index (χ0v) is 11.7. The molecule has 2 amide bonds. The SMILES string of the molecule is CCC(CC)N1C(=O)CC(SC(C)C(=O)O)C1=O. The van der Waals surface area contributed by atoms with Crippen LogP contribution in [-0.2, 0) is 14.4 Å². The zero-order chi connectivity index (χ0) is 13.9. The lowest BCUT2D eigenvalue weighted by atomic mass is 10.1. The highest BCUT2D eigenvalue weighted by molar-refractivity contribution is 8.01. The van der Waals surface area contributed by atoms with Crippen molar-refractivity contribution in [3.05, 3.63) is 0 Å². The first-order chi connectivity index (χ1) is 8.42. The van der Waals surface area contributed by atoms with Crippen LogP contribution in [0.4, 0.5) is 0 Å². The first-order valence-corrected chi connectivity index (χ1v) is 7.10. The number of imide groups is 1. The van der Waals surface area contributed by atoms with Crippen molar-refractivity contribution in [2.45, 2.75) is 56.6 Å². The number of nitrogens with zero attached hydrogens (tertiary/aromatic N) is 1. The lowest BCUT2D eigenvalue weighted by molar-refractivity contribution is -0.141. The van der Waals surface area contributed by atoms with Gasteiger partial charge < -0.3 is 5.11 Å². The van der Waals surface area contributed by atoms with E-state index in [1.54, 1.807) is 0 Å². The fourth-order valence-corrected chi connectivity index (χ4v) is 3.15. The molecule has 1 heterocycles. The van der Waals surface area contributed by atoms with E-state index in [0.29, 0.717) is 0 Å². The largest absolute Gasteiger partial charge is 0.480 e. The summed E-state index contributed by atoms with van der Waals surface area (Å²) >= 11 is 1.06. The van der Waals surface area contributed by atoms with Crippen molar-refractivity contribution in [1.82, 2.24) is 4.90 Å². The third-order valence-electron chi connectivity index (χ3n) is 3.17. The Morgan fingerprint density at radius 3 is 2.44 bits per heavy atom. The Balaban J connectivity index is 2.75. The van der Waals surface area contributed by atoms with Crippen molar-refractivity contribution in [1.29, 1.82) is 0 Å². The van der Waals surface area contributed by atoms with Crippen LogP contribution in [0.5, 0.6) is 0 Å². The molecule has 0 aromatic carbocycles. The summed E-state index contributed by atoms with van der Waals surface area (Å²) in [6.07, 6.45) is 1.59. The molecule has 1 rings (SSSR count). The van der Waals surface area contributed by atoms with Gasteiger partial charge in [-0.15, -0.1) is 11.8 Å². The lowest BCUT2D eigenvalue weighted by Gasteiger charge is -2.24. The maximum absolute atomic E-state index is 12.1. The first-order valence-electron chi connectivity index (χ1n) is 6.16. The van der Waals surface area contributed by atoms with Gasteiger partial charge in [-0.25, -0.2) is 0 Å². The smallest absolute Gasteiger partial charge is 0.316 e. The molecule has 2 unspecified atom stereocenters. The number of carbonyl (C=O) groups is 3. The van der Waals surface area contributed by atoms with E-state index in [1.165, 1.54) is 11.8 Å². The summed E-state index contributed by atoms with van der Waals surface area (Å²) in [7, 11) is 0. The molecular weight excluding hydrogens is 254 g/mol. The maximum Gasteiger partial charge on any atom is 0.316 e. The molecule has 1 aliphatic heterocycles. The Morgan fingerprint density at radius 2 is 2.00 bits per heavy atom. The van der Waals surface area contributed by atoms with E-state index < -0.39 is 16.5 Å². The van der Waals surface area contributed by atoms with Crippen LogP contribution in [-0.4, -0.2) is 44.3 Å². The van der Waals surface area contributed by atoms with Gasteiger partial charge in [-0.2, -0.15) is 0 Å². The van der Waals surface area contributed by atoms with Crippen LogP contribution in [0.3, 0.4) is 0 Å². The minimum absolute atomic E-state index is 0.0595. The number of carbonyl (C=O) groups excluding carboxylic acids is 2. The molecule has 0 aliphatic carbocycles. The standard InChI is InChI=1S/C12H19NO4S/c1-4-8(5-2)13-10(14)6-9(11(13)15)18-7(3)12(16)17/h7-9H,4-6H2,1-3H3,(H,16,17). The van der Waals surface area contributed by atoms with Crippen molar-refractivity contribution < 1.29 is 19.5 Å². The van der Waals surface area contributed by atoms with Crippen molar-refractivity contribution in [3.63, 3.8) is 0 Å². The van der Waals surface area contributed by atoms with Crippen molar-refractivity contribution >= 4 is 29.5 Å². The van der Waals surface area contributed by atoms with Crippen LogP contribution >= 0.6 is 11.8 Å². The van der Waals surface area contributed by atoms with Gasteiger partial charge in [-0.3, -0.25) is 19.3 Å². The van der Waals surface area contributed by atoms with Gasteiger partial charge in [0.05, 0.1) is 5.25 Å². The third kappa shape index (κ3) is 3.04. The van der Waals surface area contributed by atoms with Gasteiger partial charge in [0.15, 0.2) is 0 Å². The molecule has 0 aromatic heterocycles. The minimum Gasteiger partial charge on any atom is -0.480 e. The van der Waals surface area contributed by atoms with E-state index in [2.05, 4.69) is 0 Å². The maximum atomic E-state index is 12.1. The second-order valence-corrected chi connectivity index (χ2v) is 5.93. The zero-order valence-electron chi connectivity index (χ0n) is 10.9. The van der Waals surface area contributed by atoms with Crippen LogP contribution in [0.2, 0.25) is 0 Å². The molecule has 0 saturated carbocycles. The molecular formula is C12H19NO4S. The number of thioether (sulfide) groups is 1. The predicted octanol–water partition coefficient (Wildman–Crippen LogP) is 1.51. The van der Waals surface area contributed by atoms with Crippen molar-refractivity contribution in [3.8, 4) is 0 Å². The van der Waals surface area contributed by atoms with E-state index in [4.69, 9.17) is 5.11 Å². The predicted molar refractivity (Wildman–Crippen MR) is 69.3 cm³/mol. The number of amides is 2. The molecule has 0 aromatic rings. The van der Waals surface area contributed by atoms with Gasteiger partial charge in [0.25, 0.3) is 0 Å². The number of rotatable bonds is 6. The van der Waals surface area contributed by atoms with E-state index in [0.717, 1.165) is 24.6 Å². The molecule has 1 fully saturated rings. The van der Waals surface area contributed by atoms with E-state index >= 15 is 0 Å². The number of carboxylic acid groups (broad SMARTS) is 1. The van der Waals surface area contributed by atoms with Gasteiger partial charge in [-0.1, -0.05) is 13.8 Å². The molecule has 1 aliphatic rings. The Hall–Kier alpha value is -1.04. The highest BCUT2D eigenvalue weighted by atomic mass is 32.2. The molecule has 1 saturated heterocycles. The first kappa shape index (κ1) is 15.0. The van der Waals surface area contributed by atoms with Crippen molar-refractivity contribution in [2.75, 3.05) is 0 Å². The highest BCUT2D eigenvalue weighted by Gasteiger charge is 2.42. The normalized spacial score (nSPS) is 21.8. The summed E-state index contributed by atoms with van der Waals surface area (Å²) < 4.78 is 0. The summed E-state index contributed by atoms with van der Waals surface area (Å²) in [5.74, 6) is -1.36. The number of carboxylic acids is 1. The molecule has 6 heteroatoms. The number of hydrogen-bond acceptors (Lipinski definition) is 4. The third-order valence-corrected chi connectivity index (χ3v) is 4.47. The van der Waals surface area contributed by atoms with Crippen LogP contribution in [0.15, 0.2) is 0 Å². The average Bonchev–Trinajstić information content (AvgIpc) is 2.58. The summed E-state index contributed by atoms with van der Waals surface area (Å²) in [5.41, 5.74) is 0. The quantitative estimate of drug-likeness (QED) is 0.742. The molecule has 0 radical (unpaired) electrons. The second kappa shape index (κ2) is 6.22. The number of aliphatic carboxylic acids is 1. The van der Waals surface area contributed by atoms with Crippen LogP contribution < -0.4 is 0 Å². The Labute approximate surface area is 111 Å². The second-order valence-electron chi connectivity index (χ2n) is 4.38. The highest BCUT2D eigenvalue weighted by Crippen LogP contribution is 2.30. The summed E-state index contributed by atoms with van der Waals surface area (Å²) in [5, 5.41) is 7.62. The molecule has 1 N–H and O–H groups in total. The molecule has 2 atom stereocenters. The number of likely N-dealkylation sites (tertiary alicyclic amines) is 1. The molecule has 0 spiro atoms. The minimum atomic E-state index is -0.957. The molecule has 5 nitrogen and oxygen atoms in total. The topological polar surface area (TPSA) is 74.7 Å². The fourth-order valence-electron chi connectivity index (χ4n) is 2.07. The van der Waals surface area contributed by atoms with Crippen molar-refractivity contribution in [2.24, 2.45) is 0 Å². The average molecular weight is 273 g/mol. The Morgan fingerprint density at radius 1 is 1.44 bits per heavy atom. The lowest BCUT2D eigenvalue weighted by Crippen LogP contribution is -2.40. The summed E-state index contributed by atoms with van der Waals surface area (Å²) in [6, 6.07) is -0.0595. The molecule has 0 bridgehead atoms. The molecule has 18 heavy (non-hydrogen) atoms. The van der Waals surface area contributed by atoms with Gasteiger partial charge in [-0.05, 0) is 19.8 Å². The van der Waals surface area contributed by atoms with E-state index in [1.807, 2.05) is 13.8 Å².